The minimum absolute atomic E-state index is 0.0126. The summed E-state index contributed by atoms with van der Waals surface area (Å²) in [4.78, 5) is 41.5. The molecule has 0 saturated carbocycles. The lowest BCUT2D eigenvalue weighted by atomic mass is 9.97. The van der Waals surface area contributed by atoms with E-state index in [0.29, 0.717) is 0 Å². The maximum absolute atomic E-state index is 13.9. The van der Waals surface area contributed by atoms with E-state index in [4.69, 9.17) is 42.6 Å². The molecule has 0 bridgehead atoms. The fourth-order valence-electron chi connectivity index (χ4n) is 7.71. The van der Waals surface area contributed by atoms with Crippen molar-refractivity contribution in [2.45, 2.75) is 72.3 Å². The average molecular weight is 847 g/mol. The van der Waals surface area contributed by atoms with Gasteiger partial charge in [0.2, 0.25) is 0 Å². The molecule has 1 N–H and O–H groups in total. The number of rotatable bonds is 10. The van der Waals surface area contributed by atoms with Crippen LogP contribution in [0.4, 0.5) is 0 Å². The summed E-state index contributed by atoms with van der Waals surface area (Å²) in [6.45, 7) is 0.0363. The van der Waals surface area contributed by atoms with Gasteiger partial charge < -0.3 is 47.7 Å². The quantitative estimate of drug-likeness (QED) is 0.121. The summed E-state index contributed by atoms with van der Waals surface area (Å²) in [6.07, 6.45) is -10.6. The molecule has 5 aromatic rings. The van der Waals surface area contributed by atoms with E-state index in [1.165, 1.54) is 0 Å². The Morgan fingerprint density at radius 1 is 0.459 bits per heavy atom. The Morgan fingerprint density at radius 3 is 1.26 bits per heavy atom. The molecule has 9 rings (SSSR count). The van der Waals surface area contributed by atoms with Crippen molar-refractivity contribution < 1.29 is 62.1 Å². The van der Waals surface area contributed by atoms with Gasteiger partial charge in [-0.25, -0.2) is 14.4 Å². The summed E-state index contributed by atoms with van der Waals surface area (Å²) in [7, 11) is 0. The molecule has 0 aromatic heterocycles. The van der Waals surface area contributed by atoms with E-state index >= 15 is 0 Å². The summed E-state index contributed by atoms with van der Waals surface area (Å²) in [5, 5.41) is 12.2. The second kappa shape index (κ2) is 18.7. The molecule has 4 saturated heterocycles. The normalized spacial score (nSPS) is 30.8. The molecule has 4 aliphatic heterocycles. The van der Waals surface area contributed by atoms with E-state index in [1.807, 2.05) is 60.7 Å². The molecule has 314 valence electrons. The van der Waals surface area contributed by atoms with Gasteiger partial charge in [-0.3, -0.25) is 0 Å². The predicted octanol–water partition coefficient (Wildman–Crippen LogP) is 6.44. The smallest absolute Gasteiger partial charge is 0.338 e. The van der Waals surface area contributed by atoms with Crippen molar-refractivity contribution in [2.24, 2.45) is 0 Å². The number of fused-ring (bicyclic) bond motifs is 2. The van der Waals surface area contributed by atoms with Gasteiger partial charge in [-0.1, -0.05) is 127 Å². The number of carbonyl (C=O) groups is 3. The Morgan fingerprint density at radius 2 is 0.820 bits per heavy atom. The molecular weight excluding hydrogens is 805 g/mol. The van der Waals surface area contributed by atoms with Gasteiger partial charge in [-0.2, -0.15) is 0 Å². The Kier molecular flexibility index (Phi) is 12.5. The lowest BCUT2D eigenvalue weighted by Crippen LogP contribution is -2.65. The summed E-state index contributed by atoms with van der Waals surface area (Å²) < 4.78 is 57.0. The third-order valence-electron chi connectivity index (χ3n) is 10.8. The molecule has 4 fully saturated rings. The number of aliphatic hydroxyl groups is 1. The molecule has 61 heavy (non-hydrogen) atoms. The average Bonchev–Trinajstić information content (AvgIpc) is 3.32. The van der Waals surface area contributed by atoms with Crippen molar-refractivity contribution in [1.29, 1.82) is 0 Å². The van der Waals surface area contributed by atoms with Crippen molar-refractivity contribution in [3.8, 4) is 0 Å². The van der Waals surface area contributed by atoms with Crippen LogP contribution in [0, 0.1) is 0 Å². The second-order valence-electron chi connectivity index (χ2n) is 14.8. The van der Waals surface area contributed by atoms with Crippen molar-refractivity contribution in [3.63, 3.8) is 0 Å². The molecule has 0 spiro atoms. The van der Waals surface area contributed by atoms with Gasteiger partial charge in [0.05, 0.1) is 29.9 Å². The molecule has 0 aliphatic carbocycles. The van der Waals surface area contributed by atoms with Crippen LogP contribution in [0.2, 0.25) is 0 Å². The SMILES string of the molecule is O=C(O[C@H]1[C@H]2O[C@@H](c3ccccc3)OC[C@H]2O[C@@H](S[C@@H]2O[C@@H]3CO[C@H](c4ccccc4)O[C@@H]3[C@H](OC(=O)c3ccccc3)[C@H]2O)[C@@H]1OC(=O)c1ccccc1)c1ccccc1. The third kappa shape index (κ3) is 9.13. The standard InChI is InChI=1S/C47H42O13S/c48-35-38(56-41(49)28-16-6-1-7-17-28)36-33(26-52-44(59-36)31-22-12-4-13-23-31)54-46(35)61-47-40(58-43(51)30-20-10-3-11-21-30)39(57-42(50)29-18-8-2-9-19-29)37-34(55-47)27-53-45(60-37)32-24-14-5-15-25-32/h1-25,33-40,44-48H,26-27H2/t33-,34-,35-,36+,37+,38-,39+,40-,44+,45+,46+,47+/m1/s1. The predicted molar refractivity (Wildman–Crippen MR) is 218 cm³/mol. The maximum Gasteiger partial charge on any atom is 0.338 e. The van der Waals surface area contributed by atoms with Crippen molar-refractivity contribution >= 4 is 29.7 Å². The molecular formula is C47H42O13S. The number of hydrogen-bond acceptors (Lipinski definition) is 14. The van der Waals surface area contributed by atoms with Crippen LogP contribution in [-0.2, 0) is 42.6 Å². The molecule has 0 unspecified atom stereocenters. The molecule has 5 aromatic carbocycles. The highest BCUT2D eigenvalue weighted by molar-refractivity contribution is 8.00. The number of benzene rings is 5. The number of esters is 3. The monoisotopic (exact) mass is 846 g/mol. The van der Waals surface area contributed by atoms with Gasteiger partial charge in [0.25, 0.3) is 0 Å². The first-order valence-electron chi connectivity index (χ1n) is 20.0. The van der Waals surface area contributed by atoms with E-state index in [-0.39, 0.29) is 29.9 Å². The second-order valence-corrected chi connectivity index (χ2v) is 16.0. The van der Waals surface area contributed by atoms with E-state index in [2.05, 4.69) is 0 Å². The molecule has 4 heterocycles. The first-order valence-corrected chi connectivity index (χ1v) is 20.9. The van der Waals surface area contributed by atoms with Crippen LogP contribution in [-0.4, -0.2) is 95.9 Å². The van der Waals surface area contributed by atoms with Crippen LogP contribution in [0.3, 0.4) is 0 Å². The number of hydrogen-bond donors (Lipinski definition) is 1. The van der Waals surface area contributed by atoms with E-state index in [1.54, 1.807) is 91.0 Å². The van der Waals surface area contributed by atoms with Gasteiger partial charge in [0.1, 0.15) is 41.4 Å². The van der Waals surface area contributed by atoms with Crippen LogP contribution >= 0.6 is 11.8 Å². The molecule has 0 radical (unpaired) electrons. The highest BCUT2D eigenvalue weighted by Crippen LogP contribution is 2.45. The molecule has 12 atom stereocenters. The lowest BCUT2D eigenvalue weighted by Gasteiger charge is -2.50. The zero-order chi connectivity index (χ0) is 41.7. The number of ether oxygens (including phenoxy) is 9. The van der Waals surface area contributed by atoms with E-state index in [9.17, 15) is 19.5 Å². The van der Waals surface area contributed by atoms with Gasteiger partial charge in [-0.15, -0.1) is 0 Å². The van der Waals surface area contributed by atoms with Gasteiger partial charge in [0.15, 0.2) is 30.9 Å². The van der Waals surface area contributed by atoms with Crippen molar-refractivity contribution in [1.82, 2.24) is 0 Å². The topological polar surface area (TPSA) is 155 Å². The largest absolute Gasteiger partial charge is 0.453 e. The number of carbonyl (C=O) groups excluding carboxylic acids is 3. The van der Waals surface area contributed by atoms with Crippen LogP contribution in [0.25, 0.3) is 0 Å². The summed E-state index contributed by atoms with van der Waals surface area (Å²) >= 11 is 0.978. The molecule has 13 nitrogen and oxygen atoms in total. The van der Waals surface area contributed by atoms with E-state index in [0.717, 1.165) is 22.9 Å². The van der Waals surface area contributed by atoms with Crippen molar-refractivity contribution in [3.05, 3.63) is 179 Å². The first kappa shape index (κ1) is 41.0. The number of thioether (sulfide) groups is 1. The highest BCUT2D eigenvalue weighted by atomic mass is 32.2. The summed E-state index contributed by atoms with van der Waals surface area (Å²) in [5.41, 5.74) is -0.103. The Balaban J connectivity index is 1.05. The Bertz CT molecular complexity index is 2240. The maximum atomic E-state index is 13.9. The third-order valence-corrected chi connectivity index (χ3v) is 12.1. The van der Waals surface area contributed by atoms with E-state index < -0.39 is 90.2 Å². The zero-order valence-electron chi connectivity index (χ0n) is 32.5. The van der Waals surface area contributed by atoms with Gasteiger partial charge in [0, 0.05) is 11.1 Å². The van der Waals surface area contributed by atoms with Crippen LogP contribution in [0.5, 0.6) is 0 Å². The van der Waals surface area contributed by atoms with Crippen LogP contribution in [0.1, 0.15) is 54.8 Å². The Hall–Kier alpha value is -5.42. The van der Waals surface area contributed by atoms with Gasteiger partial charge in [-0.05, 0) is 36.4 Å². The van der Waals surface area contributed by atoms with Crippen LogP contribution in [0.15, 0.2) is 152 Å². The molecule has 0 amide bonds. The van der Waals surface area contributed by atoms with Crippen molar-refractivity contribution in [2.75, 3.05) is 13.2 Å². The Labute approximate surface area is 355 Å². The summed E-state index contributed by atoms with van der Waals surface area (Å²) in [5.74, 6) is -2.08. The fraction of sp³-hybridized carbons (Fsp3) is 0.298. The minimum atomic E-state index is -1.51. The number of aliphatic hydroxyl groups excluding tert-OH is 1. The molecule has 4 aliphatic rings. The first-order chi connectivity index (χ1) is 29.9. The molecule has 14 heteroatoms. The highest BCUT2D eigenvalue weighted by Gasteiger charge is 2.57. The fourth-order valence-corrected chi connectivity index (χ4v) is 9.07. The van der Waals surface area contributed by atoms with Crippen LogP contribution < -0.4 is 0 Å². The lowest BCUT2D eigenvalue weighted by molar-refractivity contribution is -0.321. The zero-order valence-corrected chi connectivity index (χ0v) is 33.3. The summed E-state index contributed by atoms with van der Waals surface area (Å²) in [6, 6.07) is 43.8. The minimum Gasteiger partial charge on any atom is -0.453 e. The van der Waals surface area contributed by atoms with Gasteiger partial charge >= 0.3 is 17.9 Å².